The Labute approximate surface area is 180 Å². The summed E-state index contributed by atoms with van der Waals surface area (Å²) in [6.07, 6.45) is 0. The monoisotopic (exact) mass is 511 g/mol. The van der Waals surface area contributed by atoms with Crippen molar-refractivity contribution >= 4 is 49.1 Å². The van der Waals surface area contributed by atoms with Crippen LogP contribution in [0, 0.1) is 12.7 Å². The van der Waals surface area contributed by atoms with Crippen molar-refractivity contribution in [3.8, 4) is 5.75 Å². The van der Waals surface area contributed by atoms with E-state index in [-0.39, 0.29) is 12.4 Å². The van der Waals surface area contributed by atoms with E-state index in [1.54, 1.807) is 6.07 Å². The minimum absolute atomic E-state index is 0.271. The molecule has 0 fully saturated rings. The average Bonchev–Trinajstić information content (AvgIpc) is 2.62. The molecule has 0 atom stereocenters. The molecule has 0 heterocycles. The Kier molecular flexibility index (Phi) is 6.79. The van der Waals surface area contributed by atoms with Crippen LogP contribution in [0.1, 0.15) is 16.7 Å². The lowest BCUT2D eigenvalue weighted by molar-refractivity contribution is 0.301. The Morgan fingerprint density at radius 2 is 1.70 bits per heavy atom. The molecule has 0 aliphatic rings. The maximum Gasteiger partial charge on any atom is 0.148 e. The number of anilines is 1. The van der Waals surface area contributed by atoms with Crippen molar-refractivity contribution in [1.82, 2.24) is 0 Å². The van der Waals surface area contributed by atoms with Crippen molar-refractivity contribution in [1.29, 1.82) is 0 Å². The Hall–Kier alpha value is -1.56. The molecule has 0 aliphatic carbocycles. The summed E-state index contributed by atoms with van der Waals surface area (Å²) in [5, 5.41) is 4.14. The second-order valence-electron chi connectivity index (χ2n) is 6.07. The van der Waals surface area contributed by atoms with Gasteiger partial charge in [-0.3, -0.25) is 0 Å². The fraction of sp³-hybridized carbons (Fsp3) is 0.143. The quantitative estimate of drug-likeness (QED) is 0.368. The lowest BCUT2D eigenvalue weighted by Crippen LogP contribution is -2.03. The molecular weight excluding hydrogens is 496 g/mol. The Morgan fingerprint density at radius 3 is 2.41 bits per heavy atom. The lowest BCUT2D eigenvalue weighted by atomic mass is 10.1. The second-order valence-corrected chi connectivity index (χ2v) is 8.19. The van der Waals surface area contributed by atoms with Gasteiger partial charge in [0.2, 0.25) is 0 Å². The van der Waals surface area contributed by atoms with Crippen molar-refractivity contribution in [3.05, 3.63) is 91.1 Å². The first-order chi connectivity index (χ1) is 12.9. The lowest BCUT2D eigenvalue weighted by Gasteiger charge is -2.14. The van der Waals surface area contributed by atoms with E-state index in [1.807, 2.05) is 43.3 Å². The summed E-state index contributed by atoms with van der Waals surface area (Å²) in [6, 6.07) is 16.2. The predicted molar refractivity (Wildman–Crippen MR) is 116 cm³/mol. The minimum atomic E-state index is -0.271. The first-order valence-electron chi connectivity index (χ1n) is 8.28. The van der Waals surface area contributed by atoms with Gasteiger partial charge in [0, 0.05) is 17.3 Å². The van der Waals surface area contributed by atoms with Gasteiger partial charge in [-0.2, -0.15) is 0 Å². The van der Waals surface area contributed by atoms with E-state index >= 15 is 0 Å². The van der Waals surface area contributed by atoms with Crippen LogP contribution in [0.2, 0.25) is 5.02 Å². The fourth-order valence-electron chi connectivity index (χ4n) is 2.63. The van der Waals surface area contributed by atoms with E-state index in [0.29, 0.717) is 12.3 Å². The summed E-state index contributed by atoms with van der Waals surface area (Å²) in [5.74, 6) is 0.411. The van der Waals surface area contributed by atoms with Crippen LogP contribution >= 0.6 is 43.5 Å². The van der Waals surface area contributed by atoms with Crippen LogP contribution < -0.4 is 10.1 Å². The third-order valence-electron chi connectivity index (χ3n) is 4.08. The Balaban J connectivity index is 1.70. The fourth-order valence-corrected chi connectivity index (χ4v) is 4.32. The molecule has 1 N–H and O–H groups in total. The second kappa shape index (κ2) is 9.09. The van der Waals surface area contributed by atoms with Gasteiger partial charge in [-0.25, -0.2) is 4.39 Å². The molecular formula is C21H17Br2ClFNO. The predicted octanol–water partition coefficient (Wildman–Crippen LogP) is 7.50. The molecule has 0 aliphatic heterocycles. The number of halogens is 4. The van der Waals surface area contributed by atoms with Crippen LogP contribution in [-0.4, -0.2) is 0 Å². The molecule has 0 bridgehead atoms. The van der Waals surface area contributed by atoms with Gasteiger partial charge >= 0.3 is 0 Å². The number of hydrogen-bond acceptors (Lipinski definition) is 2. The summed E-state index contributed by atoms with van der Waals surface area (Å²) < 4.78 is 20.8. The van der Waals surface area contributed by atoms with E-state index in [4.69, 9.17) is 16.3 Å². The number of ether oxygens (including phenoxy) is 1. The number of rotatable bonds is 6. The van der Waals surface area contributed by atoms with E-state index in [1.165, 1.54) is 12.1 Å². The summed E-state index contributed by atoms with van der Waals surface area (Å²) in [4.78, 5) is 0. The van der Waals surface area contributed by atoms with Gasteiger partial charge in [0.1, 0.15) is 18.2 Å². The topological polar surface area (TPSA) is 21.3 Å². The zero-order chi connectivity index (χ0) is 19.4. The van der Waals surface area contributed by atoms with Crippen molar-refractivity contribution in [2.75, 3.05) is 5.32 Å². The van der Waals surface area contributed by atoms with Crippen LogP contribution in [0.5, 0.6) is 5.75 Å². The van der Waals surface area contributed by atoms with Gasteiger partial charge in [0.15, 0.2) is 0 Å². The van der Waals surface area contributed by atoms with E-state index < -0.39 is 0 Å². The van der Waals surface area contributed by atoms with E-state index in [9.17, 15) is 4.39 Å². The van der Waals surface area contributed by atoms with Crippen LogP contribution in [0.25, 0.3) is 0 Å². The number of nitrogens with one attached hydrogen (secondary N) is 1. The zero-order valence-corrected chi connectivity index (χ0v) is 18.5. The molecule has 0 saturated heterocycles. The molecule has 0 radical (unpaired) electrons. The van der Waals surface area contributed by atoms with Crippen LogP contribution in [0.3, 0.4) is 0 Å². The molecule has 3 aromatic rings. The number of benzene rings is 3. The highest BCUT2D eigenvalue weighted by atomic mass is 79.9. The molecule has 0 saturated carbocycles. The van der Waals surface area contributed by atoms with Gasteiger partial charge in [-0.15, -0.1) is 0 Å². The zero-order valence-electron chi connectivity index (χ0n) is 14.5. The van der Waals surface area contributed by atoms with Gasteiger partial charge in [-0.05, 0) is 91.9 Å². The summed E-state index contributed by atoms with van der Waals surface area (Å²) >= 11 is 13.3. The number of hydrogen-bond donors (Lipinski definition) is 1. The van der Waals surface area contributed by atoms with Gasteiger partial charge in [0.25, 0.3) is 0 Å². The smallest absolute Gasteiger partial charge is 0.148 e. The highest BCUT2D eigenvalue weighted by Crippen LogP contribution is 2.35. The van der Waals surface area contributed by atoms with Gasteiger partial charge in [-0.1, -0.05) is 29.8 Å². The first kappa shape index (κ1) is 20.2. The van der Waals surface area contributed by atoms with Crippen molar-refractivity contribution in [3.63, 3.8) is 0 Å². The highest BCUT2D eigenvalue weighted by molar-refractivity contribution is 9.11. The SMILES string of the molecule is Cc1c(Cl)cccc1NCc1cc(Br)c(OCc2cccc(F)c2)c(Br)c1. The Morgan fingerprint density at radius 1 is 1.00 bits per heavy atom. The highest BCUT2D eigenvalue weighted by Gasteiger charge is 2.10. The van der Waals surface area contributed by atoms with Crippen LogP contribution in [-0.2, 0) is 13.2 Å². The normalized spacial score (nSPS) is 10.7. The standard InChI is InChI=1S/C21H17Br2ClFNO/c1-13-19(24)6-3-7-20(13)26-11-15-9-17(22)21(18(23)10-15)27-12-14-4-2-5-16(25)8-14/h2-10,26H,11-12H2,1H3. The molecule has 27 heavy (non-hydrogen) atoms. The third kappa shape index (κ3) is 5.24. The molecule has 0 aromatic heterocycles. The average molecular weight is 514 g/mol. The largest absolute Gasteiger partial charge is 0.487 e. The van der Waals surface area contributed by atoms with Crippen LogP contribution in [0.4, 0.5) is 10.1 Å². The summed E-state index contributed by atoms with van der Waals surface area (Å²) in [7, 11) is 0. The van der Waals surface area contributed by atoms with Gasteiger partial charge < -0.3 is 10.1 Å². The molecule has 0 unspecified atom stereocenters. The molecule has 2 nitrogen and oxygen atoms in total. The minimum Gasteiger partial charge on any atom is -0.487 e. The van der Waals surface area contributed by atoms with E-state index in [0.717, 1.165) is 36.3 Å². The summed E-state index contributed by atoms with van der Waals surface area (Å²) in [6.45, 7) is 2.91. The molecule has 0 spiro atoms. The summed E-state index contributed by atoms with van der Waals surface area (Å²) in [5.41, 5.74) is 3.87. The third-order valence-corrected chi connectivity index (χ3v) is 5.67. The molecule has 0 amide bonds. The first-order valence-corrected chi connectivity index (χ1v) is 10.2. The molecule has 3 aromatic carbocycles. The van der Waals surface area contributed by atoms with Crippen molar-refractivity contribution < 1.29 is 9.13 Å². The molecule has 3 rings (SSSR count). The molecule has 6 heteroatoms. The van der Waals surface area contributed by atoms with Gasteiger partial charge in [0.05, 0.1) is 8.95 Å². The maximum atomic E-state index is 13.3. The van der Waals surface area contributed by atoms with Crippen LogP contribution in [0.15, 0.2) is 63.5 Å². The van der Waals surface area contributed by atoms with Crippen molar-refractivity contribution in [2.24, 2.45) is 0 Å². The Bertz CT molecular complexity index is 942. The van der Waals surface area contributed by atoms with Crippen molar-refractivity contribution in [2.45, 2.75) is 20.1 Å². The maximum absolute atomic E-state index is 13.3. The molecule has 140 valence electrons. The van der Waals surface area contributed by atoms with E-state index in [2.05, 4.69) is 37.2 Å².